The van der Waals surface area contributed by atoms with Crippen molar-refractivity contribution in [2.24, 2.45) is 0 Å². The van der Waals surface area contributed by atoms with Crippen LogP contribution in [0.15, 0.2) is 71.6 Å². The Morgan fingerprint density at radius 3 is 2.10 bits per heavy atom. The second-order valence-corrected chi connectivity index (χ2v) is 12.8. The second-order valence-electron chi connectivity index (χ2n) is 9.68. The summed E-state index contributed by atoms with van der Waals surface area (Å²) in [7, 11) is -2.75. The first kappa shape index (κ1) is 33.5. The molecule has 2 amide bonds. The Hall–Kier alpha value is -2.98. The Morgan fingerprint density at radius 2 is 1.55 bits per heavy atom. The summed E-state index contributed by atoms with van der Waals surface area (Å²) < 4.78 is 34.1. The van der Waals surface area contributed by atoms with Crippen molar-refractivity contribution < 1.29 is 22.7 Å². The molecule has 8 nitrogen and oxygen atoms in total. The number of rotatable bonds is 13. The molecule has 0 spiro atoms. The van der Waals surface area contributed by atoms with Crippen molar-refractivity contribution in [1.29, 1.82) is 0 Å². The van der Waals surface area contributed by atoms with Crippen LogP contribution >= 0.6 is 34.8 Å². The van der Waals surface area contributed by atoms with E-state index in [-0.39, 0.29) is 29.1 Å². The summed E-state index contributed by atoms with van der Waals surface area (Å²) in [5.74, 6) is -0.440. The van der Waals surface area contributed by atoms with Gasteiger partial charge in [0.25, 0.3) is 10.0 Å². The van der Waals surface area contributed by atoms with Crippen LogP contribution in [0.5, 0.6) is 5.75 Å². The van der Waals surface area contributed by atoms with Crippen LogP contribution in [0.3, 0.4) is 0 Å². The van der Waals surface area contributed by atoms with Crippen LogP contribution in [0.25, 0.3) is 0 Å². The Balaban J connectivity index is 2.07. The van der Waals surface area contributed by atoms with Gasteiger partial charge in [0.05, 0.1) is 27.7 Å². The molecular weight excluding hydrogens is 621 g/mol. The lowest BCUT2D eigenvalue weighted by atomic mass is 10.1. The smallest absolute Gasteiger partial charge is 0.264 e. The number of carbonyl (C=O) groups is 2. The first-order valence-corrected chi connectivity index (χ1v) is 15.9. The van der Waals surface area contributed by atoms with Gasteiger partial charge >= 0.3 is 0 Å². The number of amides is 2. The number of benzene rings is 3. The monoisotopic (exact) mass is 653 g/mol. The van der Waals surface area contributed by atoms with Crippen molar-refractivity contribution in [2.45, 2.75) is 57.1 Å². The topological polar surface area (TPSA) is 96.0 Å². The highest BCUT2D eigenvalue weighted by Crippen LogP contribution is 2.28. The molecule has 0 fully saturated rings. The molecule has 3 aromatic rings. The number of nitrogens with one attached hydrogen (secondary N) is 1. The first-order chi connectivity index (χ1) is 19.9. The average molecular weight is 655 g/mol. The molecule has 2 atom stereocenters. The van der Waals surface area contributed by atoms with E-state index in [1.165, 1.54) is 48.4 Å². The van der Waals surface area contributed by atoms with Gasteiger partial charge in [0.15, 0.2) is 0 Å². The average Bonchev–Trinajstić information content (AvgIpc) is 2.97. The third kappa shape index (κ3) is 8.31. The number of hydrogen-bond acceptors (Lipinski definition) is 5. The zero-order chi connectivity index (χ0) is 31.0. The van der Waals surface area contributed by atoms with Gasteiger partial charge in [-0.15, -0.1) is 0 Å². The van der Waals surface area contributed by atoms with E-state index in [2.05, 4.69) is 5.32 Å². The zero-order valence-electron chi connectivity index (χ0n) is 23.8. The molecule has 12 heteroatoms. The molecule has 0 aromatic heterocycles. The van der Waals surface area contributed by atoms with E-state index in [0.717, 1.165) is 4.31 Å². The van der Waals surface area contributed by atoms with E-state index >= 15 is 0 Å². The molecule has 0 saturated heterocycles. The van der Waals surface area contributed by atoms with Gasteiger partial charge in [-0.3, -0.25) is 13.9 Å². The summed E-state index contributed by atoms with van der Waals surface area (Å²) in [4.78, 5) is 28.8. The van der Waals surface area contributed by atoms with Crippen molar-refractivity contribution in [3.05, 3.63) is 87.4 Å². The molecule has 0 aliphatic rings. The van der Waals surface area contributed by atoms with Crippen LogP contribution < -0.4 is 14.4 Å². The molecule has 0 aliphatic heterocycles. The lowest BCUT2D eigenvalue weighted by Gasteiger charge is -2.33. The molecule has 0 radical (unpaired) electrons. The number of halogens is 3. The molecule has 3 aromatic carbocycles. The zero-order valence-corrected chi connectivity index (χ0v) is 26.9. The number of methoxy groups -OCH3 is 1. The number of sulfonamides is 1. The first-order valence-electron chi connectivity index (χ1n) is 13.4. The molecule has 226 valence electrons. The minimum absolute atomic E-state index is 0.000798. The van der Waals surface area contributed by atoms with E-state index in [9.17, 15) is 18.0 Å². The van der Waals surface area contributed by atoms with Gasteiger partial charge < -0.3 is 15.0 Å². The maximum atomic E-state index is 14.1. The van der Waals surface area contributed by atoms with Crippen LogP contribution in [0.4, 0.5) is 5.69 Å². The van der Waals surface area contributed by atoms with Crippen molar-refractivity contribution >= 4 is 62.3 Å². The quantitative estimate of drug-likeness (QED) is 0.225. The maximum Gasteiger partial charge on any atom is 0.264 e. The lowest BCUT2D eigenvalue weighted by molar-refractivity contribution is -0.140. The number of anilines is 1. The fourth-order valence-electron chi connectivity index (χ4n) is 4.21. The van der Waals surface area contributed by atoms with Crippen molar-refractivity contribution in [3.8, 4) is 5.75 Å². The van der Waals surface area contributed by atoms with Gasteiger partial charge in [0.2, 0.25) is 11.8 Å². The number of hydrogen-bond donors (Lipinski definition) is 1. The number of carbonyl (C=O) groups excluding carboxylic acids is 2. The van der Waals surface area contributed by atoms with Gasteiger partial charge in [0.1, 0.15) is 18.3 Å². The van der Waals surface area contributed by atoms with Crippen molar-refractivity contribution in [1.82, 2.24) is 10.2 Å². The van der Waals surface area contributed by atoms with Crippen LogP contribution in [0.1, 0.15) is 39.2 Å². The van der Waals surface area contributed by atoms with E-state index in [1.54, 1.807) is 37.3 Å². The number of nitrogens with zero attached hydrogens (tertiary/aromatic N) is 2. The normalized spacial score (nSPS) is 12.7. The minimum atomic E-state index is -4.23. The Morgan fingerprint density at radius 1 is 0.905 bits per heavy atom. The van der Waals surface area contributed by atoms with E-state index in [1.807, 2.05) is 13.8 Å². The van der Waals surface area contributed by atoms with Crippen LogP contribution in [0.2, 0.25) is 15.1 Å². The van der Waals surface area contributed by atoms with Gasteiger partial charge in [-0.1, -0.05) is 54.7 Å². The second kappa shape index (κ2) is 15.0. The molecule has 0 saturated carbocycles. The summed E-state index contributed by atoms with van der Waals surface area (Å²) in [6.45, 7) is 5.03. The van der Waals surface area contributed by atoms with Crippen LogP contribution in [-0.4, -0.2) is 50.9 Å². The highest BCUT2D eigenvalue weighted by atomic mass is 35.5. The SMILES string of the molecule is CC[C@H](C(=O)N[C@@H](C)CC)N(Cc1ccc(Cl)c(Cl)c1)C(=O)CN(c1ccc(Cl)cc1)S(=O)(=O)c1ccc(OC)cc1. The van der Waals surface area contributed by atoms with Gasteiger partial charge in [-0.25, -0.2) is 8.42 Å². The molecule has 3 rings (SSSR count). The maximum absolute atomic E-state index is 14.1. The molecule has 42 heavy (non-hydrogen) atoms. The van der Waals surface area contributed by atoms with Crippen molar-refractivity contribution in [3.63, 3.8) is 0 Å². The van der Waals surface area contributed by atoms with Gasteiger partial charge in [0, 0.05) is 17.6 Å². The van der Waals surface area contributed by atoms with E-state index in [0.29, 0.717) is 39.2 Å². The lowest BCUT2D eigenvalue weighted by Crippen LogP contribution is -2.53. The standard InChI is InChI=1S/C30H34Cl3N3O5S/c1-5-20(3)34-30(38)28(6-2)35(18-21-7-16-26(32)27(33)17-21)29(37)19-36(23-10-8-22(31)9-11-23)42(39,40)25-14-12-24(41-4)13-15-25/h7-17,20,28H,5-6,18-19H2,1-4H3,(H,34,38)/t20-,28+/m0/s1. The van der Waals surface area contributed by atoms with E-state index < -0.39 is 28.5 Å². The van der Waals surface area contributed by atoms with Crippen LogP contribution in [0, 0.1) is 0 Å². The molecule has 0 heterocycles. The molecular formula is C30H34Cl3N3O5S. The number of ether oxygens (including phenoxy) is 1. The molecule has 1 N–H and O–H groups in total. The minimum Gasteiger partial charge on any atom is -0.497 e. The third-order valence-corrected chi connectivity index (χ3v) is 9.54. The predicted octanol–water partition coefficient (Wildman–Crippen LogP) is 6.57. The van der Waals surface area contributed by atoms with Gasteiger partial charge in [-0.05, 0) is 86.0 Å². The third-order valence-electron chi connectivity index (χ3n) is 6.76. The fourth-order valence-corrected chi connectivity index (χ4v) is 6.07. The van der Waals surface area contributed by atoms with E-state index in [4.69, 9.17) is 39.5 Å². The molecule has 0 unspecified atom stereocenters. The fraction of sp³-hybridized carbons (Fsp3) is 0.333. The summed E-state index contributed by atoms with van der Waals surface area (Å²) >= 11 is 18.4. The Kier molecular flexibility index (Phi) is 11.9. The molecule has 0 aliphatic carbocycles. The largest absolute Gasteiger partial charge is 0.497 e. The predicted molar refractivity (Wildman–Crippen MR) is 168 cm³/mol. The summed E-state index contributed by atoms with van der Waals surface area (Å²) in [6, 6.07) is 15.9. The Bertz CT molecular complexity index is 1490. The summed E-state index contributed by atoms with van der Waals surface area (Å²) in [6.07, 6.45) is 0.995. The highest BCUT2D eigenvalue weighted by molar-refractivity contribution is 7.92. The van der Waals surface area contributed by atoms with Crippen molar-refractivity contribution in [2.75, 3.05) is 18.0 Å². The highest BCUT2D eigenvalue weighted by Gasteiger charge is 2.34. The van der Waals surface area contributed by atoms with Gasteiger partial charge in [-0.2, -0.15) is 0 Å². The van der Waals surface area contributed by atoms with Crippen LogP contribution in [-0.2, 0) is 26.2 Å². The summed E-state index contributed by atoms with van der Waals surface area (Å²) in [5, 5.41) is 3.99. The molecule has 0 bridgehead atoms. The summed E-state index contributed by atoms with van der Waals surface area (Å²) in [5.41, 5.74) is 0.860. The Labute approximate surface area is 262 Å².